The third kappa shape index (κ3) is 2.95. The molecule has 3 rings (SSSR count). The fraction of sp³-hybridized carbons (Fsp3) is 0.286. The Balaban J connectivity index is 1.86. The molecule has 6 heteroatoms. The topological polar surface area (TPSA) is 37.8 Å². The summed E-state index contributed by atoms with van der Waals surface area (Å²) < 4.78 is 0. The highest BCUT2D eigenvalue weighted by atomic mass is 35.5. The van der Waals surface area contributed by atoms with Gasteiger partial charge in [-0.3, -0.25) is 0 Å². The molecule has 0 aromatic carbocycles. The summed E-state index contributed by atoms with van der Waals surface area (Å²) in [6.07, 6.45) is 0.968. The summed E-state index contributed by atoms with van der Waals surface area (Å²) in [6.45, 7) is 4.22. The SMILES string of the molecule is Cc1cc2c(NC(C)Cc3ccsc3)nc(Cl)nc2s1. The van der Waals surface area contributed by atoms with Crippen LogP contribution in [0.15, 0.2) is 22.9 Å². The zero-order chi connectivity index (χ0) is 14.1. The maximum Gasteiger partial charge on any atom is 0.225 e. The molecule has 0 saturated carbocycles. The molecule has 0 bridgehead atoms. The van der Waals surface area contributed by atoms with Crippen LogP contribution >= 0.6 is 34.3 Å². The average molecular weight is 324 g/mol. The first-order valence-corrected chi connectivity index (χ1v) is 8.47. The molecule has 0 saturated heterocycles. The van der Waals surface area contributed by atoms with E-state index in [-0.39, 0.29) is 0 Å². The zero-order valence-corrected chi connectivity index (χ0v) is 13.6. The number of anilines is 1. The van der Waals surface area contributed by atoms with Crippen LogP contribution in [0.3, 0.4) is 0 Å². The maximum absolute atomic E-state index is 6.01. The molecule has 20 heavy (non-hydrogen) atoms. The lowest BCUT2D eigenvalue weighted by atomic mass is 10.1. The first kappa shape index (κ1) is 13.8. The van der Waals surface area contributed by atoms with Gasteiger partial charge < -0.3 is 5.32 Å². The Bertz CT molecular complexity index is 721. The number of rotatable bonds is 4. The summed E-state index contributed by atoms with van der Waals surface area (Å²) in [5.41, 5.74) is 1.34. The summed E-state index contributed by atoms with van der Waals surface area (Å²) >= 11 is 9.37. The van der Waals surface area contributed by atoms with Gasteiger partial charge in [0.1, 0.15) is 10.6 Å². The molecule has 3 aromatic heterocycles. The first-order valence-electron chi connectivity index (χ1n) is 6.33. The van der Waals surface area contributed by atoms with Crippen LogP contribution in [0.25, 0.3) is 10.2 Å². The summed E-state index contributed by atoms with van der Waals surface area (Å²) in [5.74, 6) is 0.826. The minimum atomic E-state index is 0.291. The van der Waals surface area contributed by atoms with E-state index in [9.17, 15) is 0 Å². The molecule has 1 atom stereocenters. The van der Waals surface area contributed by atoms with Crippen molar-refractivity contribution >= 4 is 50.3 Å². The molecule has 1 N–H and O–H groups in total. The van der Waals surface area contributed by atoms with Crippen LogP contribution < -0.4 is 5.32 Å². The normalized spacial score (nSPS) is 12.8. The number of thiophene rings is 2. The van der Waals surface area contributed by atoms with Crippen molar-refractivity contribution in [1.29, 1.82) is 0 Å². The van der Waals surface area contributed by atoms with Crippen molar-refractivity contribution in [2.24, 2.45) is 0 Å². The van der Waals surface area contributed by atoms with Crippen molar-refractivity contribution < 1.29 is 0 Å². The van der Waals surface area contributed by atoms with Crippen LogP contribution in [-0.4, -0.2) is 16.0 Å². The molecular weight excluding hydrogens is 310 g/mol. The predicted molar refractivity (Wildman–Crippen MR) is 88.3 cm³/mol. The van der Waals surface area contributed by atoms with E-state index in [1.807, 2.05) is 0 Å². The second-order valence-electron chi connectivity index (χ2n) is 4.80. The highest BCUT2D eigenvalue weighted by Gasteiger charge is 2.12. The third-order valence-electron chi connectivity index (χ3n) is 2.99. The van der Waals surface area contributed by atoms with Crippen LogP contribution in [0.1, 0.15) is 17.4 Å². The van der Waals surface area contributed by atoms with Gasteiger partial charge in [-0.1, -0.05) is 0 Å². The summed E-state index contributed by atoms with van der Waals surface area (Å²) in [4.78, 5) is 10.8. The standard InChI is InChI=1S/C14H14ClN3S2/c1-8(5-10-3-4-19-7-10)16-12-11-6-9(2)20-13(11)18-14(15)17-12/h3-4,6-8H,5H2,1-2H3,(H,16,17,18). The summed E-state index contributed by atoms with van der Waals surface area (Å²) in [5, 5.41) is 9.08. The molecule has 0 amide bonds. The Morgan fingerprint density at radius 1 is 1.40 bits per heavy atom. The molecule has 0 aliphatic heterocycles. The van der Waals surface area contributed by atoms with Crippen LogP contribution in [0.5, 0.6) is 0 Å². The van der Waals surface area contributed by atoms with E-state index < -0.39 is 0 Å². The molecule has 1 unspecified atom stereocenters. The summed E-state index contributed by atoms with van der Waals surface area (Å²) in [7, 11) is 0. The van der Waals surface area contributed by atoms with Crippen LogP contribution in [0.2, 0.25) is 5.28 Å². The van der Waals surface area contributed by atoms with E-state index in [2.05, 4.69) is 52.0 Å². The minimum Gasteiger partial charge on any atom is -0.367 e. The van der Waals surface area contributed by atoms with Gasteiger partial charge in [0.2, 0.25) is 5.28 Å². The van der Waals surface area contributed by atoms with Gasteiger partial charge in [-0.05, 0) is 60.3 Å². The number of aromatic nitrogens is 2. The van der Waals surface area contributed by atoms with Crippen LogP contribution in [-0.2, 0) is 6.42 Å². The van der Waals surface area contributed by atoms with Crippen molar-refractivity contribution in [1.82, 2.24) is 9.97 Å². The van der Waals surface area contributed by atoms with Crippen molar-refractivity contribution in [3.05, 3.63) is 38.6 Å². The van der Waals surface area contributed by atoms with Crippen molar-refractivity contribution in [2.75, 3.05) is 5.32 Å². The van der Waals surface area contributed by atoms with Gasteiger partial charge in [-0.25, -0.2) is 9.97 Å². The number of hydrogen-bond donors (Lipinski definition) is 1. The quantitative estimate of drug-likeness (QED) is 0.703. The number of nitrogens with one attached hydrogen (secondary N) is 1. The van der Waals surface area contributed by atoms with E-state index in [0.717, 1.165) is 22.5 Å². The fourth-order valence-corrected chi connectivity index (χ4v) is 3.95. The van der Waals surface area contributed by atoms with E-state index >= 15 is 0 Å². The second-order valence-corrected chi connectivity index (χ2v) is 7.15. The van der Waals surface area contributed by atoms with Crippen molar-refractivity contribution in [3.63, 3.8) is 0 Å². The fourth-order valence-electron chi connectivity index (χ4n) is 2.17. The molecular formula is C14H14ClN3S2. The van der Waals surface area contributed by atoms with Gasteiger partial charge in [0.25, 0.3) is 0 Å². The van der Waals surface area contributed by atoms with Crippen molar-refractivity contribution in [3.8, 4) is 0 Å². The minimum absolute atomic E-state index is 0.291. The van der Waals surface area contributed by atoms with E-state index in [0.29, 0.717) is 11.3 Å². The molecule has 3 nitrogen and oxygen atoms in total. The smallest absolute Gasteiger partial charge is 0.225 e. The molecule has 3 heterocycles. The highest BCUT2D eigenvalue weighted by Crippen LogP contribution is 2.30. The second kappa shape index (κ2) is 5.68. The molecule has 0 fully saturated rings. The lowest BCUT2D eigenvalue weighted by molar-refractivity contribution is 0.788. The molecule has 3 aromatic rings. The maximum atomic E-state index is 6.01. The highest BCUT2D eigenvalue weighted by molar-refractivity contribution is 7.18. The van der Waals surface area contributed by atoms with Crippen LogP contribution in [0.4, 0.5) is 5.82 Å². The Morgan fingerprint density at radius 2 is 2.25 bits per heavy atom. The van der Waals surface area contributed by atoms with Gasteiger partial charge in [0, 0.05) is 10.9 Å². The molecule has 104 valence electrons. The lowest BCUT2D eigenvalue weighted by Gasteiger charge is -2.14. The van der Waals surface area contributed by atoms with Gasteiger partial charge in [0.15, 0.2) is 0 Å². The third-order valence-corrected chi connectivity index (χ3v) is 4.84. The Hall–Kier alpha value is -1.17. The number of hydrogen-bond acceptors (Lipinski definition) is 5. The number of nitrogens with zero attached hydrogens (tertiary/aromatic N) is 2. The van der Waals surface area contributed by atoms with E-state index in [4.69, 9.17) is 11.6 Å². The molecule has 0 aliphatic carbocycles. The van der Waals surface area contributed by atoms with Gasteiger partial charge in [-0.15, -0.1) is 11.3 Å². The lowest BCUT2D eigenvalue weighted by Crippen LogP contribution is -2.18. The Labute approximate surface area is 130 Å². The van der Waals surface area contributed by atoms with Crippen molar-refractivity contribution in [2.45, 2.75) is 26.3 Å². The van der Waals surface area contributed by atoms with E-state index in [1.165, 1.54) is 10.4 Å². The van der Waals surface area contributed by atoms with Gasteiger partial charge >= 0.3 is 0 Å². The monoisotopic (exact) mass is 323 g/mol. The molecule has 0 radical (unpaired) electrons. The Kier molecular flexibility index (Phi) is 3.92. The van der Waals surface area contributed by atoms with E-state index in [1.54, 1.807) is 22.7 Å². The largest absolute Gasteiger partial charge is 0.367 e. The number of aryl methyl sites for hydroxylation is 1. The van der Waals surface area contributed by atoms with Gasteiger partial charge in [-0.2, -0.15) is 11.3 Å². The first-order chi connectivity index (χ1) is 9.61. The van der Waals surface area contributed by atoms with Crippen LogP contribution in [0, 0.1) is 6.92 Å². The Morgan fingerprint density at radius 3 is 3.00 bits per heavy atom. The molecule has 0 aliphatic rings. The zero-order valence-electron chi connectivity index (χ0n) is 11.2. The molecule has 0 spiro atoms. The average Bonchev–Trinajstić information content (AvgIpc) is 2.97. The van der Waals surface area contributed by atoms with Gasteiger partial charge in [0.05, 0.1) is 5.39 Å². The number of fused-ring (bicyclic) bond motifs is 1. The summed E-state index contributed by atoms with van der Waals surface area (Å²) in [6, 6.07) is 4.55. The predicted octanol–water partition coefficient (Wildman–Crippen LogP) is 4.76. The number of halogens is 1.